The summed E-state index contributed by atoms with van der Waals surface area (Å²) in [5.74, 6) is -0.175. The van der Waals surface area contributed by atoms with Gasteiger partial charge in [-0.25, -0.2) is 4.39 Å². The van der Waals surface area contributed by atoms with Gasteiger partial charge in [-0.05, 0) is 37.0 Å². The van der Waals surface area contributed by atoms with Gasteiger partial charge in [0.2, 0.25) is 0 Å². The first-order chi connectivity index (χ1) is 8.70. The normalized spacial score (nSPS) is 20.3. The van der Waals surface area contributed by atoms with Crippen LogP contribution in [-0.2, 0) is 10.2 Å². The predicted octanol–water partition coefficient (Wildman–Crippen LogP) is 4.42. The van der Waals surface area contributed by atoms with Gasteiger partial charge < -0.3 is 4.74 Å². The second-order valence-electron chi connectivity index (χ2n) is 4.90. The lowest BCUT2D eigenvalue weighted by molar-refractivity contribution is 0.0891. The second-order valence-corrected chi connectivity index (χ2v) is 6.02. The Hall–Kier alpha value is 0.0700. The summed E-state index contributed by atoms with van der Waals surface area (Å²) in [6.07, 6.45) is 3.46. The Bertz CT molecular complexity index is 387. The number of benzene rings is 1. The minimum Gasteiger partial charge on any atom is -0.378 e. The molecule has 1 atom stereocenters. The van der Waals surface area contributed by atoms with Gasteiger partial charge in [-0.15, -0.1) is 0 Å². The number of rotatable bonds is 5. The average molecular weight is 380 g/mol. The van der Waals surface area contributed by atoms with E-state index in [1.165, 1.54) is 6.07 Å². The molecule has 0 spiro atoms. The van der Waals surface area contributed by atoms with Crippen molar-refractivity contribution in [3.8, 4) is 0 Å². The third-order valence-electron chi connectivity index (χ3n) is 3.59. The Morgan fingerprint density at radius 3 is 2.67 bits per heavy atom. The van der Waals surface area contributed by atoms with Gasteiger partial charge >= 0.3 is 0 Å². The van der Waals surface area contributed by atoms with Gasteiger partial charge in [0, 0.05) is 22.7 Å². The van der Waals surface area contributed by atoms with E-state index in [2.05, 4.69) is 31.9 Å². The third kappa shape index (κ3) is 3.14. The Kier molecular flexibility index (Phi) is 5.22. The molecule has 100 valence electrons. The van der Waals surface area contributed by atoms with Crippen LogP contribution in [0.5, 0.6) is 0 Å². The summed E-state index contributed by atoms with van der Waals surface area (Å²) in [5, 5.41) is 1.60. The maximum absolute atomic E-state index is 13.4. The largest absolute Gasteiger partial charge is 0.378 e. The van der Waals surface area contributed by atoms with Crippen molar-refractivity contribution in [3.05, 3.63) is 35.6 Å². The number of halogens is 3. The summed E-state index contributed by atoms with van der Waals surface area (Å²) in [4.78, 5) is 0. The fourth-order valence-corrected chi connectivity index (χ4v) is 4.51. The lowest BCUT2D eigenvalue weighted by Gasteiger charge is -2.33. The molecule has 0 aromatic heterocycles. The monoisotopic (exact) mass is 378 g/mol. The third-order valence-corrected chi connectivity index (χ3v) is 5.74. The van der Waals surface area contributed by atoms with E-state index in [4.69, 9.17) is 4.74 Å². The lowest BCUT2D eigenvalue weighted by atomic mass is 9.79. The maximum atomic E-state index is 13.4. The molecule has 0 saturated carbocycles. The molecule has 1 nitrogen and oxygen atoms in total. The summed E-state index contributed by atoms with van der Waals surface area (Å²) in [6.45, 7) is 0.856. The van der Waals surface area contributed by atoms with Crippen molar-refractivity contribution in [2.24, 2.45) is 0 Å². The summed E-state index contributed by atoms with van der Waals surface area (Å²) >= 11 is 7.19. The number of hydrogen-bond acceptors (Lipinski definition) is 1. The van der Waals surface area contributed by atoms with E-state index in [1.807, 2.05) is 6.07 Å². The van der Waals surface area contributed by atoms with Gasteiger partial charge in [0.1, 0.15) is 5.82 Å². The Morgan fingerprint density at radius 2 is 2.11 bits per heavy atom. The van der Waals surface area contributed by atoms with Crippen molar-refractivity contribution in [3.63, 3.8) is 0 Å². The first-order valence-corrected chi connectivity index (χ1v) is 8.44. The van der Waals surface area contributed by atoms with Crippen molar-refractivity contribution in [1.29, 1.82) is 0 Å². The highest BCUT2D eigenvalue weighted by Crippen LogP contribution is 2.36. The quantitative estimate of drug-likeness (QED) is 0.688. The van der Waals surface area contributed by atoms with Crippen LogP contribution in [0.15, 0.2) is 24.3 Å². The van der Waals surface area contributed by atoms with Gasteiger partial charge in [0.15, 0.2) is 0 Å². The molecule has 1 aliphatic heterocycles. The van der Waals surface area contributed by atoms with Gasteiger partial charge in [-0.3, -0.25) is 0 Å². The minimum atomic E-state index is -0.175. The van der Waals surface area contributed by atoms with Gasteiger partial charge in [-0.1, -0.05) is 44.0 Å². The number of alkyl halides is 2. The molecule has 0 aliphatic carbocycles. The molecule has 0 N–H and O–H groups in total. The lowest BCUT2D eigenvalue weighted by Crippen LogP contribution is -2.34. The molecule has 1 aromatic carbocycles. The Labute approximate surface area is 124 Å². The highest BCUT2D eigenvalue weighted by atomic mass is 79.9. The van der Waals surface area contributed by atoms with Crippen molar-refractivity contribution in [2.75, 3.05) is 17.3 Å². The Balaban J connectivity index is 2.24. The van der Waals surface area contributed by atoms with Crippen LogP contribution in [0.4, 0.5) is 4.39 Å². The molecule has 18 heavy (non-hydrogen) atoms. The Morgan fingerprint density at radius 1 is 1.33 bits per heavy atom. The van der Waals surface area contributed by atoms with E-state index in [1.54, 1.807) is 12.1 Å². The van der Waals surface area contributed by atoms with Crippen LogP contribution < -0.4 is 0 Å². The molecule has 1 aromatic rings. The topological polar surface area (TPSA) is 9.23 Å². The average Bonchev–Trinajstić information content (AvgIpc) is 2.89. The van der Waals surface area contributed by atoms with Crippen LogP contribution >= 0.6 is 31.9 Å². The molecule has 4 heteroatoms. The van der Waals surface area contributed by atoms with Crippen LogP contribution in [-0.4, -0.2) is 23.4 Å². The van der Waals surface area contributed by atoms with Crippen LogP contribution in [0.25, 0.3) is 0 Å². The summed E-state index contributed by atoms with van der Waals surface area (Å²) in [6, 6.07) is 6.90. The fraction of sp³-hybridized carbons (Fsp3) is 0.571. The van der Waals surface area contributed by atoms with E-state index in [9.17, 15) is 4.39 Å². The van der Waals surface area contributed by atoms with Crippen LogP contribution in [0, 0.1) is 5.82 Å². The molecule has 1 aliphatic rings. The zero-order valence-corrected chi connectivity index (χ0v) is 13.3. The molecule has 1 heterocycles. The number of hydrogen-bond donors (Lipinski definition) is 0. The van der Waals surface area contributed by atoms with Crippen molar-refractivity contribution in [1.82, 2.24) is 0 Å². The molecule has 0 bridgehead atoms. The minimum absolute atomic E-state index is 0.100. The molecule has 2 rings (SSSR count). The molecule has 1 fully saturated rings. The van der Waals surface area contributed by atoms with E-state index >= 15 is 0 Å². The highest BCUT2D eigenvalue weighted by Gasteiger charge is 2.34. The van der Waals surface area contributed by atoms with Crippen molar-refractivity contribution in [2.45, 2.75) is 30.8 Å². The summed E-state index contributed by atoms with van der Waals surface area (Å²) < 4.78 is 19.2. The zero-order chi connectivity index (χ0) is 13.0. The van der Waals surface area contributed by atoms with Crippen molar-refractivity contribution >= 4 is 31.9 Å². The summed E-state index contributed by atoms with van der Waals surface area (Å²) in [5.41, 5.74) is 0.934. The van der Waals surface area contributed by atoms with E-state index < -0.39 is 0 Å². The first-order valence-electron chi connectivity index (χ1n) is 6.20. The predicted molar refractivity (Wildman–Crippen MR) is 79.3 cm³/mol. The van der Waals surface area contributed by atoms with Crippen LogP contribution in [0.2, 0.25) is 0 Å². The smallest absolute Gasteiger partial charge is 0.123 e. The van der Waals surface area contributed by atoms with E-state index in [0.717, 1.165) is 42.1 Å². The molecule has 0 radical (unpaired) electrons. The SMILES string of the molecule is Fc1cccc(C(CBr)(CBr)CC2CCCO2)c1. The first kappa shape index (κ1) is 14.5. The van der Waals surface area contributed by atoms with E-state index in [0.29, 0.717) is 6.10 Å². The molecule has 1 unspecified atom stereocenters. The molecular formula is C14H17Br2FO. The molecule has 1 saturated heterocycles. The van der Waals surface area contributed by atoms with E-state index in [-0.39, 0.29) is 11.2 Å². The summed E-state index contributed by atoms with van der Waals surface area (Å²) in [7, 11) is 0. The van der Waals surface area contributed by atoms with Gasteiger partial charge in [0.25, 0.3) is 0 Å². The van der Waals surface area contributed by atoms with Crippen LogP contribution in [0.1, 0.15) is 24.8 Å². The highest BCUT2D eigenvalue weighted by molar-refractivity contribution is 9.09. The van der Waals surface area contributed by atoms with Crippen LogP contribution in [0.3, 0.4) is 0 Å². The fourth-order valence-electron chi connectivity index (χ4n) is 2.48. The maximum Gasteiger partial charge on any atom is 0.123 e. The van der Waals surface area contributed by atoms with Gasteiger partial charge in [-0.2, -0.15) is 0 Å². The molecular weight excluding hydrogens is 363 g/mol. The zero-order valence-electron chi connectivity index (χ0n) is 10.2. The number of ether oxygens (including phenoxy) is 1. The second kappa shape index (κ2) is 6.49. The van der Waals surface area contributed by atoms with Gasteiger partial charge in [0.05, 0.1) is 6.10 Å². The standard InChI is InChI=1S/C14H17Br2FO/c15-9-14(10-16,8-13-5-2-6-18-13)11-3-1-4-12(17)7-11/h1,3-4,7,13H,2,5-6,8-10H2. The molecule has 0 amide bonds. The van der Waals surface area contributed by atoms with Crippen molar-refractivity contribution < 1.29 is 9.13 Å².